The van der Waals surface area contributed by atoms with Gasteiger partial charge in [0.2, 0.25) is 6.17 Å². The Kier molecular flexibility index (Phi) is 5.44. The maximum atomic E-state index is 13.1. The zero-order chi connectivity index (χ0) is 20.4. The predicted octanol–water partition coefficient (Wildman–Crippen LogP) is 3.86. The van der Waals surface area contributed by atoms with Crippen molar-refractivity contribution in [3.63, 3.8) is 0 Å². The van der Waals surface area contributed by atoms with Crippen LogP contribution in [0.2, 0.25) is 0 Å². The summed E-state index contributed by atoms with van der Waals surface area (Å²) in [5.74, 6) is -0.627. The van der Waals surface area contributed by atoms with Crippen LogP contribution < -0.4 is 10.2 Å². The van der Waals surface area contributed by atoms with Gasteiger partial charge in [0.1, 0.15) is 0 Å². The van der Waals surface area contributed by atoms with E-state index in [1.165, 1.54) is 0 Å². The van der Waals surface area contributed by atoms with Crippen molar-refractivity contribution >= 4 is 45.8 Å². The third kappa shape index (κ3) is 3.93. The van der Waals surface area contributed by atoms with Gasteiger partial charge in [0.15, 0.2) is 0 Å². The van der Waals surface area contributed by atoms with Gasteiger partial charge in [-0.05, 0) is 52.9 Å². The summed E-state index contributed by atoms with van der Waals surface area (Å²) in [6.07, 6.45) is -1.02. The maximum Gasteiger partial charge on any atom is 0.272 e. The lowest BCUT2D eigenvalue weighted by molar-refractivity contribution is -0.119. The summed E-state index contributed by atoms with van der Waals surface area (Å²) in [7, 11) is 1.70. The molecule has 1 aliphatic rings. The van der Waals surface area contributed by atoms with E-state index in [-0.39, 0.29) is 11.8 Å². The number of likely N-dealkylation sites (N-methyl/N-ethyl adjacent to an activating group) is 1. The van der Waals surface area contributed by atoms with Gasteiger partial charge in [-0.25, -0.2) is 4.99 Å². The first-order chi connectivity index (χ1) is 14.0. The molecule has 29 heavy (non-hydrogen) atoms. The highest BCUT2D eigenvalue weighted by atomic mass is 123. The van der Waals surface area contributed by atoms with Crippen LogP contribution in [0.15, 0.2) is 83.9 Å². The molecule has 6 heteroatoms. The van der Waals surface area contributed by atoms with Gasteiger partial charge in [-0.2, -0.15) is 0 Å². The molecule has 0 fully saturated rings. The minimum Gasteiger partial charge on any atom is -0.322 e. The molecule has 2 amide bonds. The van der Waals surface area contributed by atoms with E-state index in [1.54, 1.807) is 24.1 Å². The topological polar surface area (TPSA) is 61.8 Å². The number of anilines is 1. The van der Waals surface area contributed by atoms with Gasteiger partial charge in [-0.3, -0.25) is 9.59 Å². The number of rotatable bonds is 3. The summed E-state index contributed by atoms with van der Waals surface area (Å²) in [6, 6.07) is 24.5. The fourth-order valence-corrected chi connectivity index (χ4v) is 3.61. The first kappa shape index (κ1) is 19.3. The molecule has 1 N–H and O–H groups in total. The number of nitrogens with zero attached hydrogens (tertiary/aromatic N) is 2. The highest BCUT2D eigenvalue weighted by Gasteiger charge is 2.31. The quantitative estimate of drug-likeness (QED) is 0.566. The molecule has 0 radical (unpaired) electrons. The molecule has 1 heterocycles. The number of carbonyl (C=O) groups excluding carboxylic acids is 2. The zero-order valence-electron chi connectivity index (χ0n) is 15.7. The number of aliphatic imine (C=N–C) groups is 1. The fraction of sp³-hybridized carbons (Fsp3) is 0.0870. The number of carbonyl (C=O) groups is 2. The molecule has 0 saturated heterocycles. The van der Waals surface area contributed by atoms with Crippen LogP contribution >= 0.6 is 22.6 Å². The van der Waals surface area contributed by atoms with Gasteiger partial charge in [-0.15, -0.1) is 0 Å². The number of hydrogen-bond donors (Lipinski definition) is 1. The van der Waals surface area contributed by atoms with E-state index < -0.39 is 6.17 Å². The standard InChI is InChI=1S/C23H18IN3O2/c1-27-19-10-6-5-9-18(19)20(15-7-3-2-4-8-15)25-21(23(27)29)26-22(28)16-11-13-17(24)14-12-16/h2-14,21H,1H3,(H,26,28)/t21-/m1/s1/i24-4. The van der Waals surface area contributed by atoms with E-state index >= 15 is 0 Å². The lowest BCUT2D eigenvalue weighted by Crippen LogP contribution is -2.46. The Morgan fingerprint density at radius 1 is 0.966 bits per heavy atom. The summed E-state index contributed by atoms with van der Waals surface area (Å²) in [6.45, 7) is 0. The molecule has 4 rings (SSSR count). The highest BCUT2D eigenvalue weighted by Crippen LogP contribution is 2.27. The normalized spacial score (nSPS) is 15.9. The van der Waals surface area contributed by atoms with Crippen molar-refractivity contribution in [3.8, 4) is 0 Å². The van der Waals surface area contributed by atoms with E-state index in [9.17, 15) is 9.59 Å². The van der Waals surface area contributed by atoms with E-state index in [0.717, 1.165) is 20.4 Å². The Balaban J connectivity index is 1.77. The van der Waals surface area contributed by atoms with Gasteiger partial charge in [0, 0.05) is 27.3 Å². The van der Waals surface area contributed by atoms with Crippen LogP contribution in [0, 0.1) is 3.57 Å². The Hall–Kier alpha value is -3.00. The maximum absolute atomic E-state index is 13.1. The molecule has 0 saturated carbocycles. The monoisotopic (exact) mass is 491 g/mol. The molecule has 144 valence electrons. The predicted molar refractivity (Wildman–Crippen MR) is 122 cm³/mol. The van der Waals surface area contributed by atoms with E-state index in [1.807, 2.05) is 66.7 Å². The number of para-hydroxylation sites is 1. The molecule has 0 bridgehead atoms. The van der Waals surface area contributed by atoms with E-state index in [2.05, 4.69) is 27.9 Å². The number of benzodiazepines with no additional fused rings is 1. The van der Waals surface area contributed by atoms with Crippen molar-refractivity contribution in [2.45, 2.75) is 6.17 Å². The van der Waals surface area contributed by atoms with Crippen LogP contribution in [-0.4, -0.2) is 30.7 Å². The molecule has 3 aromatic rings. The van der Waals surface area contributed by atoms with Gasteiger partial charge in [-0.1, -0.05) is 48.5 Å². The molecule has 5 nitrogen and oxygen atoms in total. The van der Waals surface area contributed by atoms with Gasteiger partial charge in [0.25, 0.3) is 11.8 Å². The molecule has 3 aromatic carbocycles. The van der Waals surface area contributed by atoms with Gasteiger partial charge < -0.3 is 10.2 Å². The first-order valence-electron chi connectivity index (χ1n) is 9.11. The Morgan fingerprint density at radius 2 is 1.62 bits per heavy atom. The number of halogens is 1. The summed E-state index contributed by atoms with van der Waals surface area (Å²) in [5, 5.41) is 2.79. The SMILES string of the molecule is CN1C(=O)[C@@H](NC(=O)c2ccc([123I])cc2)N=C(c2ccccc2)c2ccccc21. The zero-order valence-corrected chi connectivity index (χ0v) is 17.8. The van der Waals surface area contributed by atoms with Gasteiger partial charge >= 0.3 is 0 Å². The number of benzene rings is 3. The van der Waals surface area contributed by atoms with Crippen molar-refractivity contribution in [1.82, 2.24) is 5.32 Å². The van der Waals surface area contributed by atoms with Crippen LogP contribution in [0.1, 0.15) is 21.5 Å². The third-order valence-corrected chi connectivity index (χ3v) is 5.48. The van der Waals surface area contributed by atoms with Crippen LogP contribution in [0.25, 0.3) is 0 Å². The van der Waals surface area contributed by atoms with Crippen molar-refractivity contribution in [2.75, 3.05) is 11.9 Å². The van der Waals surface area contributed by atoms with Crippen LogP contribution in [-0.2, 0) is 4.79 Å². The Bertz CT molecular complexity index is 1090. The van der Waals surface area contributed by atoms with Crippen LogP contribution in [0.5, 0.6) is 0 Å². The number of fused-ring (bicyclic) bond motifs is 1. The highest BCUT2D eigenvalue weighted by molar-refractivity contribution is 14.1. The largest absolute Gasteiger partial charge is 0.322 e. The molecular formula is C23H18IN3O2. The van der Waals surface area contributed by atoms with Crippen molar-refractivity contribution in [1.29, 1.82) is 0 Å². The number of amides is 2. The lowest BCUT2D eigenvalue weighted by Gasteiger charge is -2.20. The molecule has 0 spiro atoms. The minimum absolute atomic E-state index is 0.290. The minimum atomic E-state index is -1.02. The summed E-state index contributed by atoms with van der Waals surface area (Å²) >= 11 is 2.18. The first-order valence-corrected chi connectivity index (χ1v) is 10.2. The second-order valence-electron chi connectivity index (χ2n) is 6.64. The summed E-state index contributed by atoms with van der Waals surface area (Å²) in [5.41, 5.74) is 3.65. The second kappa shape index (κ2) is 8.16. The molecular weight excluding hydrogens is 473 g/mol. The average molecular weight is 491 g/mol. The van der Waals surface area contributed by atoms with Crippen molar-refractivity contribution in [3.05, 3.63) is 99.1 Å². The average Bonchev–Trinajstić information content (AvgIpc) is 2.85. The fourth-order valence-electron chi connectivity index (χ4n) is 3.25. The molecule has 1 aliphatic heterocycles. The molecule has 0 aromatic heterocycles. The van der Waals surface area contributed by atoms with E-state index in [0.29, 0.717) is 11.3 Å². The number of hydrogen-bond acceptors (Lipinski definition) is 3. The second-order valence-corrected chi connectivity index (χ2v) is 7.89. The molecule has 0 aliphatic carbocycles. The van der Waals surface area contributed by atoms with E-state index in [4.69, 9.17) is 4.99 Å². The Morgan fingerprint density at radius 3 is 2.34 bits per heavy atom. The molecule has 1 atom stereocenters. The molecule has 0 unspecified atom stereocenters. The number of nitrogens with one attached hydrogen (secondary N) is 1. The van der Waals surface area contributed by atoms with Crippen molar-refractivity contribution in [2.24, 2.45) is 4.99 Å². The lowest BCUT2D eigenvalue weighted by atomic mass is 10.0. The van der Waals surface area contributed by atoms with Gasteiger partial charge in [0.05, 0.1) is 11.4 Å². The smallest absolute Gasteiger partial charge is 0.272 e. The van der Waals surface area contributed by atoms with Crippen LogP contribution in [0.4, 0.5) is 5.69 Å². The van der Waals surface area contributed by atoms with Crippen LogP contribution in [0.3, 0.4) is 0 Å². The third-order valence-electron chi connectivity index (χ3n) is 4.76. The Labute approximate surface area is 182 Å². The summed E-state index contributed by atoms with van der Waals surface area (Å²) < 4.78 is 1.03. The summed E-state index contributed by atoms with van der Waals surface area (Å²) in [4.78, 5) is 32.1. The van der Waals surface area contributed by atoms with Crippen molar-refractivity contribution < 1.29 is 9.59 Å².